The smallest absolute Gasteiger partial charge is 0.122 e. The van der Waals surface area contributed by atoms with E-state index in [4.69, 9.17) is 4.74 Å². The topological polar surface area (TPSA) is 28.3 Å². The minimum atomic E-state index is 0.185. The minimum absolute atomic E-state index is 0.185. The summed E-state index contributed by atoms with van der Waals surface area (Å²) in [6.45, 7) is 7.10. The van der Waals surface area contributed by atoms with E-state index in [0.717, 1.165) is 18.1 Å². The fourth-order valence-electron chi connectivity index (χ4n) is 3.11. The van der Waals surface area contributed by atoms with Crippen molar-refractivity contribution in [1.29, 1.82) is 0 Å². The second-order valence-corrected chi connectivity index (χ2v) is 8.20. The van der Waals surface area contributed by atoms with Gasteiger partial charge in [0.25, 0.3) is 0 Å². The summed E-state index contributed by atoms with van der Waals surface area (Å²) in [4.78, 5) is 8.27. The molecule has 0 unspecified atom stereocenters. The van der Waals surface area contributed by atoms with Crippen molar-refractivity contribution in [3.8, 4) is 5.75 Å². The first-order valence-corrected chi connectivity index (χ1v) is 11.2. The lowest BCUT2D eigenvalue weighted by molar-refractivity contribution is 0.241. The van der Waals surface area contributed by atoms with Gasteiger partial charge in [-0.05, 0) is 74.2 Å². The number of rotatable bonds is 6. The molecule has 0 spiro atoms. The van der Waals surface area contributed by atoms with Gasteiger partial charge in [-0.15, -0.1) is 23.5 Å². The Hall–Kier alpha value is -1.72. The van der Waals surface area contributed by atoms with Gasteiger partial charge in [0.15, 0.2) is 0 Å². The molecule has 2 aromatic rings. The van der Waals surface area contributed by atoms with Crippen LogP contribution in [0, 0.1) is 6.92 Å². The van der Waals surface area contributed by atoms with E-state index in [2.05, 4.69) is 73.6 Å². The minimum Gasteiger partial charge on any atom is -0.491 e. The summed E-state index contributed by atoms with van der Waals surface area (Å²) in [5, 5.41) is 0. The van der Waals surface area contributed by atoms with E-state index in [9.17, 15) is 0 Å². The first-order chi connectivity index (χ1) is 12.5. The molecule has 138 valence electrons. The van der Waals surface area contributed by atoms with Crippen LogP contribution in [-0.4, -0.2) is 30.1 Å². The summed E-state index contributed by atoms with van der Waals surface area (Å²) >= 11 is 3.62. The Balaban J connectivity index is 2.01. The van der Waals surface area contributed by atoms with Crippen LogP contribution in [0.1, 0.15) is 25.0 Å². The van der Waals surface area contributed by atoms with E-state index in [0.29, 0.717) is 0 Å². The van der Waals surface area contributed by atoms with Gasteiger partial charge in [0, 0.05) is 22.2 Å². The molecule has 1 aromatic carbocycles. The van der Waals surface area contributed by atoms with Crippen molar-refractivity contribution in [2.24, 2.45) is 0 Å². The molecule has 1 N–H and O–H groups in total. The molecule has 0 saturated heterocycles. The molecule has 2 heterocycles. The third kappa shape index (κ3) is 3.99. The van der Waals surface area contributed by atoms with Crippen molar-refractivity contribution in [1.82, 2.24) is 4.98 Å². The normalized spacial score (nSPS) is 14.8. The number of aromatic amines is 1. The summed E-state index contributed by atoms with van der Waals surface area (Å²) < 4.78 is 5.91. The van der Waals surface area contributed by atoms with E-state index in [1.807, 2.05) is 24.0 Å². The Labute approximate surface area is 164 Å². The molecule has 3 rings (SSSR count). The molecule has 0 amide bonds. The van der Waals surface area contributed by atoms with Crippen molar-refractivity contribution in [3.63, 3.8) is 0 Å². The monoisotopic (exact) mass is 386 g/mol. The number of thioether (sulfide) groups is 2. The fraction of sp³-hybridized carbons (Fsp3) is 0.333. The average molecular weight is 387 g/mol. The standard InChI is InChI=1S/C21H26N2OS2/c1-14(2)24-18-9-8-16(11-15(18)3)17-12-23(20-7-6-10-22-20)13-19(25-4)21(17)26-5/h6-11,13-14,22H,12H2,1-5H3. The first kappa shape index (κ1) is 19.1. The lowest BCUT2D eigenvalue weighted by Crippen LogP contribution is -2.24. The predicted octanol–water partition coefficient (Wildman–Crippen LogP) is 5.91. The van der Waals surface area contributed by atoms with Crippen LogP contribution in [0.3, 0.4) is 0 Å². The molecular formula is C21H26N2OS2. The van der Waals surface area contributed by atoms with Crippen LogP contribution in [-0.2, 0) is 0 Å². The zero-order chi connectivity index (χ0) is 18.7. The van der Waals surface area contributed by atoms with Crippen LogP contribution in [0.25, 0.3) is 5.57 Å². The van der Waals surface area contributed by atoms with E-state index < -0.39 is 0 Å². The van der Waals surface area contributed by atoms with Crippen molar-refractivity contribution >= 4 is 34.9 Å². The SMILES string of the molecule is CSC1=CN(c2ccc[nH]2)CC(c2ccc(OC(C)C)c(C)c2)=C1SC. The number of hydrogen-bond donors (Lipinski definition) is 1. The third-order valence-corrected chi connectivity index (χ3v) is 6.05. The van der Waals surface area contributed by atoms with E-state index >= 15 is 0 Å². The maximum Gasteiger partial charge on any atom is 0.122 e. The summed E-state index contributed by atoms with van der Waals surface area (Å²) in [7, 11) is 0. The van der Waals surface area contributed by atoms with Crippen molar-refractivity contribution < 1.29 is 4.74 Å². The van der Waals surface area contributed by atoms with Crippen LogP contribution < -0.4 is 9.64 Å². The second kappa shape index (κ2) is 8.31. The van der Waals surface area contributed by atoms with E-state index in [1.165, 1.54) is 26.5 Å². The molecule has 1 aliphatic heterocycles. The third-order valence-electron chi connectivity index (χ3n) is 4.30. The van der Waals surface area contributed by atoms with Gasteiger partial charge in [0.05, 0.1) is 12.6 Å². The number of hydrogen-bond acceptors (Lipinski definition) is 4. The maximum atomic E-state index is 5.91. The van der Waals surface area contributed by atoms with Gasteiger partial charge in [-0.2, -0.15) is 0 Å². The molecule has 5 heteroatoms. The van der Waals surface area contributed by atoms with Gasteiger partial charge in [-0.25, -0.2) is 0 Å². The van der Waals surface area contributed by atoms with Crippen LogP contribution in [0.2, 0.25) is 0 Å². The number of H-pyrrole nitrogens is 1. The predicted molar refractivity (Wildman–Crippen MR) is 117 cm³/mol. The Kier molecular flexibility index (Phi) is 6.09. The summed E-state index contributed by atoms with van der Waals surface area (Å²) in [6.07, 6.45) is 8.70. The average Bonchev–Trinajstić information content (AvgIpc) is 3.16. The number of aryl methyl sites for hydroxylation is 1. The Bertz CT molecular complexity index is 823. The fourth-order valence-corrected chi connectivity index (χ4v) is 4.83. The Morgan fingerprint density at radius 2 is 1.96 bits per heavy atom. The van der Waals surface area contributed by atoms with Crippen molar-refractivity contribution in [3.05, 3.63) is 63.7 Å². The molecule has 0 bridgehead atoms. The van der Waals surface area contributed by atoms with Gasteiger partial charge in [0.2, 0.25) is 0 Å². The molecule has 0 radical (unpaired) electrons. The van der Waals surface area contributed by atoms with Gasteiger partial charge < -0.3 is 14.6 Å². The van der Waals surface area contributed by atoms with Gasteiger partial charge in [-0.3, -0.25) is 0 Å². The number of anilines is 1. The maximum absolute atomic E-state index is 5.91. The summed E-state index contributed by atoms with van der Waals surface area (Å²) in [5.41, 5.74) is 3.80. The van der Waals surface area contributed by atoms with E-state index in [1.54, 1.807) is 11.8 Å². The Morgan fingerprint density at radius 1 is 1.15 bits per heavy atom. The van der Waals surface area contributed by atoms with Crippen molar-refractivity contribution in [2.45, 2.75) is 26.9 Å². The lowest BCUT2D eigenvalue weighted by atomic mass is 10.0. The zero-order valence-electron chi connectivity index (χ0n) is 16.0. The molecule has 1 aromatic heterocycles. The van der Waals surface area contributed by atoms with E-state index in [-0.39, 0.29) is 6.10 Å². The second-order valence-electron chi connectivity index (χ2n) is 6.54. The number of nitrogens with one attached hydrogen (secondary N) is 1. The quantitative estimate of drug-likeness (QED) is 0.668. The molecule has 26 heavy (non-hydrogen) atoms. The zero-order valence-corrected chi connectivity index (χ0v) is 17.6. The molecule has 3 nitrogen and oxygen atoms in total. The highest BCUT2D eigenvalue weighted by Gasteiger charge is 2.22. The molecule has 0 saturated carbocycles. The van der Waals surface area contributed by atoms with Crippen molar-refractivity contribution in [2.75, 3.05) is 24.0 Å². The molecule has 0 aliphatic carbocycles. The molecular weight excluding hydrogens is 360 g/mol. The molecule has 1 aliphatic rings. The first-order valence-electron chi connectivity index (χ1n) is 8.74. The van der Waals surface area contributed by atoms with Gasteiger partial charge in [0.1, 0.15) is 11.6 Å². The van der Waals surface area contributed by atoms with Crippen LogP contribution in [0.15, 0.2) is 52.5 Å². The van der Waals surface area contributed by atoms with Gasteiger partial charge in [-0.1, -0.05) is 6.07 Å². The molecule has 0 fully saturated rings. The highest BCUT2D eigenvalue weighted by molar-refractivity contribution is 8.07. The largest absolute Gasteiger partial charge is 0.491 e. The lowest BCUT2D eigenvalue weighted by Gasteiger charge is -2.29. The highest BCUT2D eigenvalue weighted by Crippen LogP contribution is 2.41. The van der Waals surface area contributed by atoms with Crippen LogP contribution in [0.4, 0.5) is 5.82 Å². The summed E-state index contributed by atoms with van der Waals surface area (Å²) in [5.74, 6) is 2.08. The molecule has 0 atom stereocenters. The van der Waals surface area contributed by atoms with Crippen LogP contribution in [0.5, 0.6) is 5.75 Å². The number of benzene rings is 1. The Morgan fingerprint density at radius 3 is 2.54 bits per heavy atom. The number of aromatic nitrogens is 1. The van der Waals surface area contributed by atoms with Gasteiger partial charge >= 0.3 is 0 Å². The number of nitrogens with zero attached hydrogens (tertiary/aromatic N) is 1. The number of ether oxygens (including phenoxy) is 1. The highest BCUT2D eigenvalue weighted by atomic mass is 32.2. The summed E-state index contributed by atoms with van der Waals surface area (Å²) in [6, 6.07) is 10.7. The van der Waals surface area contributed by atoms with Crippen LogP contribution >= 0.6 is 23.5 Å².